The molecule has 2 rings (SSSR count). The monoisotopic (exact) mass is 245 g/mol. The molecule has 94 valence electrons. The molecule has 0 fully saturated rings. The first-order chi connectivity index (χ1) is 8.69. The van der Waals surface area contributed by atoms with E-state index < -0.39 is 5.91 Å². The highest BCUT2D eigenvalue weighted by atomic mass is 16.5. The standard InChI is InChI=1S/C13H15N3O2/c1-2-16-8-12(7-15-16)18-9-10-3-5-11(6-4-10)13(14)17/h3-8H,2,9H2,1H3,(H2,14,17). The molecular formula is C13H15N3O2. The van der Waals surface area contributed by atoms with E-state index in [2.05, 4.69) is 5.10 Å². The molecule has 1 aromatic carbocycles. The van der Waals surface area contributed by atoms with Crippen LogP contribution in [0.5, 0.6) is 5.75 Å². The molecule has 0 atom stereocenters. The fraction of sp³-hybridized carbons (Fsp3) is 0.231. The minimum absolute atomic E-state index is 0.424. The molecule has 0 aliphatic carbocycles. The normalized spacial score (nSPS) is 10.3. The van der Waals surface area contributed by atoms with E-state index in [0.29, 0.717) is 12.2 Å². The summed E-state index contributed by atoms with van der Waals surface area (Å²) in [4.78, 5) is 10.9. The predicted octanol–water partition coefficient (Wildman–Crippen LogP) is 1.58. The lowest BCUT2D eigenvalue weighted by Crippen LogP contribution is -2.10. The number of ether oxygens (including phenoxy) is 1. The summed E-state index contributed by atoms with van der Waals surface area (Å²) < 4.78 is 7.37. The van der Waals surface area contributed by atoms with Crippen molar-refractivity contribution in [1.29, 1.82) is 0 Å². The zero-order valence-electron chi connectivity index (χ0n) is 10.2. The molecule has 0 radical (unpaired) electrons. The molecule has 0 unspecified atom stereocenters. The Kier molecular flexibility index (Phi) is 3.62. The number of aromatic nitrogens is 2. The van der Waals surface area contributed by atoms with Crippen LogP contribution in [0, 0.1) is 0 Å². The molecular weight excluding hydrogens is 230 g/mol. The van der Waals surface area contributed by atoms with Crippen LogP contribution in [0.3, 0.4) is 0 Å². The van der Waals surface area contributed by atoms with Gasteiger partial charge in [0.1, 0.15) is 6.61 Å². The van der Waals surface area contributed by atoms with E-state index in [4.69, 9.17) is 10.5 Å². The highest BCUT2D eigenvalue weighted by Crippen LogP contribution is 2.12. The van der Waals surface area contributed by atoms with E-state index in [1.54, 1.807) is 23.0 Å². The van der Waals surface area contributed by atoms with Crippen molar-refractivity contribution >= 4 is 5.91 Å². The smallest absolute Gasteiger partial charge is 0.248 e. The number of primary amides is 1. The Morgan fingerprint density at radius 1 is 1.39 bits per heavy atom. The number of aryl methyl sites for hydroxylation is 1. The van der Waals surface area contributed by atoms with Crippen molar-refractivity contribution in [3.05, 3.63) is 47.8 Å². The molecule has 5 heteroatoms. The first-order valence-electron chi connectivity index (χ1n) is 5.73. The second kappa shape index (κ2) is 5.35. The van der Waals surface area contributed by atoms with E-state index in [0.717, 1.165) is 17.9 Å². The third-order valence-electron chi connectivity index (χ3n) is 2.58. The van der Waals surface area contributed by atoms with Crippen LogP contribution >= 0.6 is 0 Å². The Morgan fingerprint density at radius 3 is 2.67 bits per heavy atom. The van der Waals surface area contributed by atoms with Gasteiger partial charge in [-0.05, 0) is 24.6 Å². The predicted molar refractivity (Wildman–Crippen MR) is 67.2 cm³/mol. The third kappa shape index (κ3) is 2.88. The molecule has 0 saturated heterocycles. The Labute approximate surface area is 105 Å². The highest BCUT2D eigenvalue weighted by Gasteiger charge is 2.01. The molecule has 0 spiro atoms. The Hall–Kier alpha value is -2.30. The van der Waals surface area contributed by atoms with Crippen LogP contribution in [-0.4, -0.2) is 15.7 Å². The molecule has 0 bridgehead atoms. The maximum absolute atomic E-state index is 10.9. The topological polar surface area (TPSA) is 70.1 Å². The maximum Gasteiger partial charge on any atom is 0.248 e. The number of rotatable bonds is 5. The SMILES string of the molecule is CCn1cc(OCc2ccc(C(N)=O)cc2)cn1. The first-order valence-corrected chi connectivity index (χ1v) is 5.73. The number of hydrogen-bond acceptors (Lipinski definition) is 3. The Bertz CT molecular complexity index is 531. The van der Waals surface area contributed by atoms with Crippen molar-refractivity contribution in [2.75, 3.05) is 0 Å². The summed E-state index contributed by atoms with van der Waals surface area (Å²) in [6.07, 6.45) is 3.53. The van der Waals surface area contributed by atoms with E-state index in [9.17, 15) is 4.79 Å². The van der Waals surface area contributed by atoms with Gasteiger partial charge in [-0.2, -0.15) is 5.10 Å². The van der Waals surface area contributed by atoms with Gasteiger partial charge in [0.25, 0.3) is 0 Å². The molecule has 2 aromatic rings. The second-order valence-corrected chi connectivity index (χ2v) is 3.88. The van der Waals surface area contributed by atoms with E-state index in [1.807, 2.05) is 25.3 Å². The number of benzene rings is 1. The first kappa shape index (κ1) is 12.2. The van der Waals surface area contributed by atoms with Gasteiger partial charge in [0, 0.05) is 12.1 Å². The van der Waals surface area contributed by atoms with Crippen molar-refractivity contribution in [3.8, 4) is 5.75 Å². The summed E-state index contributed by atoms with van der Waals surface area (Å²) in [5.74, 6) is 0.308. The van der Waals surface area contributed by atoms with Gasteiger partial charge in [-0.3, -0.25) is 9.48 Å². The maximum atomic E-state index is 10.9. The Morgan fingerprint density at radius 2 is 2.11 bits per heavy atom. The van der Waals surface area contributed by atoms with Gasteiger partial charge in [0.05, 0.1) is 12.4 Å². The number of nitrogens with two attached hydrogens (primary N) is 1. The average molecular weight is 245 g/mol. The lowest BCUT2D eigenvalue weighted by molar-refractivity contribution is 0.1000. The third-order valence-corrected chi connectivity index (χ3v) is 2.58. The zero-order chi connectivity index (χ0) is 13.0. The fourth-order valence-corrected chi connectivity index (χ4v) is 1.52. The summed E-state index contributed by atoms with van der Waals surface area (Å²) >= 11 is 0. The minimum Gasteiger partial charge on any atom is -0.486 e. The summed E-state index contributed by atoms with van der Waals surface area (Å²) in [5, 5.41) is 4.11. The number of carbonyl (C=O) groups excluding carboxylic acids is 1. The van der Waals surface area contributed by atoms with Crippen molar-refractivity contribution in [2.24, 2.45) is 5.73 Å². The van der Waals surface area contributed by atoms with Crippen LogP contribution < -0.4 is 10.5 Å². The zero-order valence-corrected chi connectivity index (χ0v) is 10.2. The van der Waals surface area contributed by atoms with Crippen LogP contribution in [0.2, 0.25) is 0 Å². The molecule has 0 aliphatic rings. The summed E-state index contributed by atoms with van der Waals surface area (Å²) in [5.41, 5.74) is 6.64. The Balaban J connectivity index is 1.95. The largest absolute Gasteiger partial charge is 0.486 e. The number of hydrogen-bond donors (Lipinski definition) is 1. The van der Waals surface area contributed by atoms with Gasteiger partial charge in [0.2, 0.25) is 5.91 Å². The molecule has 0 aliphatic heterocycles. The summed E-state index contributed by atoms with van der Waals surface area (Å²) in [7, 11) is 0. The molecule has 1 aromatic heterocycles. The van der Waals surface area contributed by atoms with Gasteiger partial charge in [-0.15, -0.1) is 0 Å². The van der Waals surface area contributed by atoms with Gasteiger partial charge >= 0.3 is 0 Å². The second-order valence-electron chi connectivity index (χ2n) is 3.88. The summed E-state index contributed by atoms with van der Waals surface area (Å²) in [6, 6.07) is 7.03. The van der Waals surface area contributed by atoms with Gasteiger partial charge in [-0.1, -0.05) is 12.1 Å². The lowest BCUT2D eigenvalue weighted by Gasteiger charge is -2.04. The van der Waals surface area contributed by atoms with Gasteiger partial charge < -0.3 is 10.5 Å². The van der Waals surface area contributed by atoms with E-state index in [-0.39, 0.29) is 0 Å². The van der Waals surface area contributed by atoms with Crippen molar-refractivity contribution in [3.63, 3.8) is 0 Å². The molecule has 2 N–H and O–H groups in total. The molecule has 0 saturated carbocycles. The lowest BCUT2D eigenvalue weighted by atomic mass is 10.1. The molecule has 18 heavy (non-hydrogen) atoms. The van der Waals surface area contributed by atoms with Gasteiger partial charge in [0.15, 0.2) is 5.75 Å². The van der Waals surface area contributed by atoms with Crippen molar-refractivity contribution < 1.29 is 9.53 Å². The summed E-state index contributed by atoms with van der Waals surface area (Å²) in [6.45, 7) is 3.27. The fourth-order valence-electron chi connectivity index (χ4n) is 1.52. The highest BCUT2D eigenvalue weighted by molar-refractivity contribution is 5.92. The molecule has 1 heterocycles. The van der Waals surface area contributed by atoms with Crippen LogP contribution in [-0.2, 0) is 13.2 Å². The quantitative estimate of drug-likeness (QED) is 0.869. The number of nitrogens with zero attached hydrogens (tertiary/aromatic N) is 2. The molecule has 5 nitrogen and oxygen atoms in total. The van der Waals surface area contributed by atoms with Gasteiger partial charge in [-0.25, -0.2) is 0 Å². The van der Waals surface area contributed by atoms with E-state index in [1.165, 1.54) is 0 Å². The van der Waals surface area contributed by atoms with Crippen LogP contribution in [0.15, 0.2) is 36.7 Å². The number of amides is 1. The van der Waals surface area contributed by atoms with Crippen LogP contribution in [0.1, 0.15) is 22.8 Å². The number of carbonyl (C=O) groups is 1. The van der Waals surface area contributed by atoms with Crippen LogP contribution in [0.25, 0.3) is 0 Å². The minimum atomic E-state index is -0.424. The molecule has 1 amide bonds. The van der Waals surface area contributed by atoms with Crippen LogP contribution in [0.4, 0.5) is 0 Å². The van der Waals surface area contributed by atoms with Crippen molar-refractivity contribution in [1.82, 2.24) is 9.78 Å². The average Bonchev–Trinajstić information content (AvgIpc) is 2.85. The van der Waals surface area contributed by atoms with E-state index >= 15 is 0 Å². The van der Waals surface area contributed by atoms with Crippen molar-refractivity contribution in [2.45, 2.75) is 20.1 Å².